The number of carbonyl (C=O) groups excluding carboxylic acids is 3. The molecular formula is C13H16N2O5. The summed E-state index contributed by atoms with van der Waals surface area (Å²) in [6.45, 7) is 3.07. The number of rotatable bonds is 3. The van der Waals surface area contributed by atoms with Crippen molar-refractivity contribution in [3.05, 3.63) is 29.3 Å². The van der Waals surface area contributed by atoms with Crippen LogP contribution in [0.3, 0.4) is 0 Å². The zero-order valence-corrected chi connectivity index (χ0v) is 11.4. The summed E-state index contributed by atoms with van der Waals surface area (Å²) in [6.07, 6.45) is -1.17. The number of amides is 3. The number of hydrogen-bond donors (Lipinski definition) is 3. The molecule has 1 aromatic carbocycles. The summed E-state index contributed by atoms with van der Waals surface area (Å²) in [5, 5.41) is 13.8. The molecule has 0 saturated carbocycles. The van der Waals surface area contributed by atoms with E-state index in [-0.39, 0.29) is 11.3 Å². The van der Waals surface area contributed by atoms with Crippen molar-refractivity contribution in [2.75, 3.05) is 7.05 Å². The predicted octanol–water partition coefficient (Wildman–Crippen LogP) is 0.702. The van der Waals surface area contributed by atoms with Gasteiger partial charge >= 0.3 is 12.0 Å². The fourth-order valence-electron chi connectivity index (χ4n) is 1.37. The third-order valence-corrected chi connectivity index (χ3v) is 2.49. The Morgan fingerprint density at radius 2 is 1.95 bits per heavy atom. The van der Waals surface area contributed by atoms with Crippen molar-refractivity contribution in [1.82, 2.24) is 10.6 Å². The average Bonchev–Trinajstić information content (AvgIpc) is 2.40. The highest BCUT2D eigenvalue weighted by Crippen LogP contribution is 2.19. The van der Waals surface area contributed by atoms with E-state index < -0.39 is 24.0 Å². The highest BCUT2D eigenvalue weighted by Gasteiger charge is 2.22. The van der Waals surface area contributed by atoms with Gasteiger partial charge in [0.2, 0.25) is 0 Å². The molecule has 0 saturated heterocycles. The van der Waals surface area contributed by atoms with Crippen molar-refractivity contribution in [3.63, 3.8) is 0 Å². The van der Waals surface area contributed by atoms with Gasteiger partial charge in [0.25, 0.3) is 5.91 Å². The van der Waals surface area contributed by atoms with Crippen molar-refractivity contribution in [2.45, 2.75) is 20.0 Å². The highest BCUT2D eigenvalue weighted by atomic mass is 16.5. The van der Waals surface area contributed by atoms with Crippen LogP contribution in [0.4, 0.5) is 4.79 Å². The molecule has 0 radical (unpaired) electrons. The highest BCUT2D eigenvalue weighted by molar-refractivity contribution is 5.99. The lowest BCUT2D eigenvalue weighted by Crippen LogP contribution is -2.43. The summed E-state index contributed by atoms with van der Waals surface area (Å²) in [6, 6.07) is 3.74. The minimum atomic E-state index is -1.17. The van der Waals surface area contributed by atoms with Crippen molar-refractivity contribution in [1.29, 1.82) is 0 Å². The molecule has 0 heterocycles. The minimum Gasteiger partial charge on any atom is -0.507 e. The molecule has 0 aliphatic carbocycles. The Morgan fingerprint density at radius 1 is 1.30 bits per heavy atom. The molecule has 0 fully saturated rings. The van der Waals surface area contributed by atoms with E-state index in [0.29, 0.717) is 0 Å². The van der Waals surface area contributed by atoms with E-state index in [1.165, 1.54) is 26.1 Å². The number of esters is 1. The number of carbonyl (C=O) groups is 3. The summed E-state index contributed by atoms with van der Waals surface area (Å²) in [5.41, 5.74) is 0.724. The molecule has 0 aliphatic heterocycles. The first kappa shape index (κ1) is 15.5. The average molecular weight is 280 g/mol. The number of phenols is 1. The smallest absolute Gasteiger partial charge is 0.342 e. The van der Waals surface area contributed by atoms with Gasteiger partial charge in [-0.1, -0.05) is 11.6 Å². The van der Waals surface area contributed by atoms with Crippen LogP contribution in [0.1, 0.15) is 22.8 Å². The summed E-state index contributed by atoms with van der Waals surface area (Å²) < 4.78 is 4.89. The number of ether oxygens (including phenoxy) is 1. The summed E-state index contributed by atoms with van der Waals surface area (Å²) in [7, 11) is 1.35. The third kappa shape index (κ3) is 3.98. The van der Waals surface area contributed by atoms with Crippen LogP contribution in [0.25, 0.3) is 0 Å². The fraction of sp³-hybridized carbons (Fsp3) is 0.308. The summed E-state index contributed by atoms with van der Waals surface area (Å²) in [5.74, 6) is -1.84. The number of imide groups is 1. The van der Waals surface area contributed by atoms with Crippen LogP contribution in [-0.4, -0.2) is 36.2 Å². The number of nitrogens with one attached hydrogen (secondary N) is 2. The topological polar surface area (TPSA) is 105 Å². The number of aryl methyl sites for hydroxylation is 1. The minimum absolute atomic E-state index is 0.0374. The SMILES string of the molecule is CNC(=O)NC(=O)[C@@H](C)OC(=O)c1cc(C)ccc1O. The second-order valence-corrected chi connectivity index (χ2v) is 4.14. The number of benzene rings is 1. The number of phenolic OH excluding ortho intramolecular Hbond substituents is 1. The van der Waals surface area contributed by atoms with Gasteiger partial charge in [-0.15, -0.1) is 0 Å². The van der Waals surface area contributed by atoms with Gasteiger partial charge in [0.05, 0.1) is 0 Å². The quantitative estimate of drug-likeness (QED) is 0.707. The maximum Gasteiger partial charge on any atom is 0.342 e. The second-order valence-electron chi connectivity index (χ2n) is 4.14. The van der Waals surface area contributed by atoms with Gasteiger partial charge < -0.3 is 15.2 Å². The Bertz CT molecular complexity index is 542. The molecule has 1 rings (SSSR count). The van der Waals surface area contributed by atoms with Crippen molar-refractivity contribution in [2.24, 2.45) is 0 Å². The van der Waals surface area contributed by atoms with E-state index in [2.05, 4.69) is 5.32 Å². The van der Waals surface area contributed by atoms with Gasteiger partial charge in [0.15, 0.2) is 6.10 Å². The molecule has 0 aromatic heterocycles. The first-order chi connectivity index (χ1) is 9.35. The summed E-state index contributed by atoms with van der Waals surface area (Å²) in [4.78, 5) is 34.3. The van der Waals surface area contributed by atoms with Crippen LogP contribution in [0.5, 0.6) is 5.75 Å². The maximum atomic E-state index is 11.8. The maximum absolute atomic E-state index is 11.8. The van der Waals surface area contributed by atoms with Crippen molar-refractivity contribution in [3.8, 4) is 5.75 Å². The molecule has 0 spiro atoms. The Morgan fingerprint density at radius 3 is 2.55 bits per heavy atom. The standard InChI is InChI=1S/C13H16N2O5/c1-7-4-5-10(16)9(6-7)12(18)20-8(2)11(17)15-13(19)14-3/h4-6,8,16H,1-3H3,(H2,14,15,17,19)/t8-/m1/s1. The van der Waals surface area contributed by atoms with Crippen molar-refractivity contribution >= 4 is 17.9 Å². The van der Waals surface area contributed by atoms with E-state index in [4.69, 9.17) is 4.74 Å². The van der Waals surface area contributed by atoms with E-state index in [0.717, 1.165) is 5.56 Å². The Hall–Kier alpha value is -2.57. The van der Waals surface area contributed by atoms with Crippen LogP contribution in [0, 0.1) is 6.92 Å². The molecule has 0 unspecified atom stereocenters. The molecule has 108 valence electrons. The number of aromatic hydroxyl groups is 1. The lowest BCUT2D eigenvalue weighted by atomic mass is 10.1. The molecule has 0 aliphatic rings. The molecule has 1 aromatic rings. The van der Waals surface area contributed by atoms with Crippen LogP contribution in [0.2, 0.25) is 0 Å². The van der Waals surface area contributed by atoms with Crippen LogP contribution >= 0.6 is 0 Å². The van der Waals surface area contributed by atoms with Gasteiger partial charge in [0, 0.05) is 7.05 Å². The van der Waals surface area contributed by atoms with Crippen LogP contribution in [-0.2, 0) is 9.53 Å². The molecule has 7 nitrogen and oxygen atoms in total. The fourth-order valence-corrected chi connectivity index (χ4v) is 1.37. The second kappa shape index (κ2) is 6.55. The molecule has 0 bridgehead atoms. The zero-order valence-electron chi connectivity index (χ0n) is 11.4. The molecular weight excluding hydrogens is 264 g/mol. The van der Waals surface area contributed by atoms with Crippen molar-refractivity contribution < 1.29 is 24.2 Å². The molecule has 3 N–H and O–H groups in total. The predicted molar refractivity (Wildman–Crippen MR) is 70.3 cm³/mol. The Labute approximate surface area is 115 Å². The van der Waals surface area contributed by atoms with Crippen LogP contribution < -0.4 is 10.6 Å². The van der Waals surface area contributed by atoms with Gasteiger partial charge in [-0.2, -0.15) is 0 Å². The normalized spacial score (nSPS) is 11.3. The molecule has 3 amide bonds. The van der Waals surface area contributed by atoms with E-state index in [1.807, 2.05) is 5.32 Å². The number of hydrogen-bond acceptors (Lipinski definition) is 5. The molecule has 1 atom stereocenters. The summed E-state index contributed by atoms with van der Waals surface area (Å²) >= 11 is 0. The van der Waals surface area contributed by atoms with Gasteiger partial charge in [0.1, 0.15) is 11.3 Å². The molecule has 7 heteroatoms. The Kier molecular flexibility index (Phi) is 5.08. The molecule has 20 heavy (non-hydrogen) atoms. The Balaban J connectivity index is 2.72. The zero-order chi connectivity index (χ0) is 15.3. The first-order valence-electron chi connectivity index (χ1n) is 5.88. The van der Waals surface area contributed by atoms with E-state index in [1.54, 1.807) is 13.0 Å². The lowest BCUT2D eigenvalue weighted by molar-refractivity contribution is -0.127. The lowest BCUT2D eigenvalue weighted by Gasteiger charge is -2.13. The van der Waals surface area contributed by atoms with E-state index in [9.17, 15) is 19.5 Å². The third-order valence-electron chi connectivity index (χ3n) is 2.49. The van der Waals surface area contributed by atoms with Gasteiger partial charge in [-0.05, 0) is 26.0 Å². The first-order valence-corrected chi connectivity index (χ1v) is 5.88. The monoisotopic (exact) mass is 280 g/mol. The van der Waals surface area contributed by atoms with Crippen LogP contribution in [0.15, 0.2) is 18.2 Å². The number of urea groups is 1. The van der Waals surface area contributed by atoms with E-state index >= 15 is 0 Å². The largest absolute Gasteiger partial charge is 0.507 e. The van der Waals surface area contributed by atoms with Gasteiger partial charge in [-0.3, -0.25) is 10.1 Å². The van der Waals surface area contributed by atoms with Gasteiger partial charge in [-0.25, -0.2) is 9.59 Å².